The van der Waals surface area contributed by atoms with Gasteiger partial charge in [0.25, 0.3) is 0 Å². The van der Waals surface area contributed by atoms with Gasteiger partial charge in [0.1, 0.15) is 12.1 Å². The number of hydrogen-bond acceptors (Lipinski definition) is 4. The van der Waals surface area contributed by atoms with E-state index in [2.05, 4.69) is 29.6 Å². The summed E-state index contributed by atoms with van der Waals surface area (Å²) in [6.07, 6.45) is 2.71. The number of carboxylic acid groups (broad SMARTS) is 1. The summed E-state index contributed by atoms with van der Waals surface area (Å²) in [4.78, 5) is 39.3. The zero-order valence-electron chi connectivity index (χ0n) is 19.3. The predicted octanol–water partition coefficient (Wildman–Crippen LogP) is 4.16. The Morgan fingerprint density at radius 3 is 2.32 bits per heavy atom. The predicted molar refractivity (Wildman–Crippen MR) is 126 cm³/mol. The van der Waals surface area contributed by atoms with Gasteiger partial charge in [-0.25, -0.2) is 9.59 Å². The van der Waals surface area contributed by atoms with Crippen molar-refractivity contribution in [1.29, 1.82) is 0 Å². The van der Waals surface area contributed by atoms with E-state index in [1.807, 2.05) is 24.3 Å². The second-order valence-electron chi connectivity index (χ2n) is 9.79. The number of nitrogens with one attached hydrogen (secondary N) is 1. The van der Waals surface area contributed by atoms with Gasteiger partial charge in [0, 0.05) is 18.5 Å². The third-order valence-corrected chi connectivity index (χ3v) is 7.85. The van der Waals surface area contributed by atoms with Crippen molar-refractivity contribution >= 4 is 18.0 Å². The summed E-state index contributed by atoms with van der Waals surface area (Å²) < 4.78 is 5.67. The van der Waals surface area contributed by atoms with Crippen LogP contribution in [-0.2, 0) is 14.3 Å². The molecule has 2 aromatic carbocycles. The van der Waals surface area contributed by atoms with Crippen LogP contribution in [0, 0.1) is 5.92 Å². The maximum Gasteiger partial charge on any atom is 0.407 e. The smallest absolute Gasteiger partial charge is 0.407 e. The zero-order valence-corrected chi connectivity index (χ0v) is 19.3. The molecule has 2 amide bonds. The standard InChI is InChI=1S/C27H30N2O5/c1-27(25(31)32)14-7-15-29(27)24(30)21-12-6-13-23(21)28-26(33)34-16-22-19-10-4-2-8-17(19)18-9-3-5-11-20(18)22/h2-5,8-11,21-23H,6-7,12-16H2,1H3,(H,28,33)(H,31,32)/t21-,23+,27?/m0/s1. The van der Waals surface area contributed by atoms with Crippen LogP contribution in [0.2, 0.25) is 0 Å². The molecule has 5 rings (SSSR count). The van der Waals surface area contributed by atoms with Gasteiger partial charge in [0.2, 0.25) is 5.91 Å². The molecule has 0 spiro atoms. The van der Waals surface area contributed by atoms with E-state index in [9.17, 15) is 19.5 Å². The minimum atomic E-state index is -1.17. The summed E-state index contributed by atoms with van der Waals surface area (Å²) in [6, 6.07) is 16.0. The number of carbonyl (C=O) groups excluding carboxylic acids is 2. The molecular formula is C27H30N2O5. The first-order chi connectivity index (χ1) is 16.4. The lowest BCUT2D eigenvalue weighted by atomic mass is 9.95. The van der Waals surface area contributed by atoms with Crippen LogP contribution in [0.3, 0.4) is 0 Å². The summed E-state index contributed by atoms with van der Waals surface area (Å²) in [7, 11) is 0. The van der Waals surface area contributed by atoms with E-state index in [0.717, 1.165) is 17.5 Å². The fraction of sp³-hybridized carbons (Fsp3) is 0.444. The van der Waals surface area contributed by atoms with Crippen LogP contribution < -0.4 is 5.32 Å². The van der Waals surface area contributed by atoms with Gasteiger partial charge in [-0.15, -0.1) is 0 Å². The molecule has 1 heterocycles. The second-order valence-corrected chi connectivity index (χ2v) is 9.79. The topological polar surface area (TPSA) is 95.9 Å². The molecule has 0 radical (unpaired) electrons. The normalized spacial score (nSPS) is 25.6. The number of ether oxygens (including phenoxy) is 1. The van der Waals surface area contributed by atoms with E-state index in [1.54, 1.807) is 6.92 Å². The van der Waals surface area contributed by atoms with Gasteiger partial charge in [0.15, 0.2) is 0 Å². The Hall–Kier alpha value is -3.35. The Morgan fingerprint density at radius 2 is 1.68 bits per heavy atom. The second kappa shape index (κ2) is 8.78. The van der Waals surface area contributed by atoms with Gasteiger partial charge in [-0.3, -0.25) is 4.79 Å². The largest absolute Gasteiger partial charge is 0.480 e. The van der Waals surface area contributed by atoms with Crippen molar-refractivity contribution in [3.63, 3.8) is 0 Å². The number of rotatable bonds is 5. The maximum atomic E-state index is 13.3. The Balaban J connectivity index is 1.24. The van der Waals surface area contributed by atoms with Crippen molar-refractivity contribution in [3.8, 4) is 11.1 Å². The molecule has 1 unspecified atom stereocenters. The number of carbonyl (C=O) groups is 3. The first kappa shape index (κ1) is 22.4. The quantitative estimate of drug-likeness (QED) is 0.696. The Morgan fingerprint density at radius 1 is 1.03 bits per heavy atom. The minimum Gasteiger partial charge on any atom is -0.480 e. The molecule has 1 saturated heterocycles. The van der Waals surface area contributed by atoms with Crippen molar-refractivity contribution in [1.82, 2.24) is 10.2 Å². The molecule has 34 heavy (non-hydrogen) atoms. The van der Waals surface area contributed by atoms with Gasteiger partial charge in [-0.1, -0.05) is 55.0 Å². The molecule has 178 valence electrons. The number of likely N-dealkylation sites (tertiary alicyclic amines) is 1. The van der Waals surface area contributed by atoms with Crippen LogP contribution in [0.1, 0.15) is 56.1 Å². The zero-order chi connectivity index (χ0) is 23.9. The van der Waals surface area contributed by atoms with Crippen LogP contribution >= 0.6 is 0 Å². The van der Waals surface area contributed by atoms with Crippen LogP contribution in [0.5, 0.6) is 0 Å². The van der Waals surface area contributed by atoms with Crippen LogP contribution in [-0.4, -0.2) is 52.7 Å². The number of aliphatic carboxylic acids is 1. The third kappa shape index (κ3) is 3.73. The highest BCUT2D eigenvalue weighted by Gasteiger charge is 2.49. The lowest BCUT2D eigenvalue weighted by Gasteiger charge is -2.34. The summed E-state index contributed by atoms with van der Waals surface area (Å²) in [6.45, 7) is 2.27. The van der Waals surface area contributed by atoms with Crippen molar-refractivity contribution in [2.45, 2.75) is 56.5 Å². The first-order valence-corrected chi connectivity index (χ1v) is 12.1. The van der Waals surface area contributed by atoms with Crippen molar-refractivity contribution in [3.05, 3.63) is 59.7 Å². The average molecular weight is 463 g/mol. The van der Waals surface area contributed by atoms with Crippen LogP contribution in [0.4, 0.5) is 4.79 Å². The molecule has 7 nitrogen and oxygen atoms in total. The lowest BCUT2D eigenvalue weighted by Crippen LogP contribution is -2.54. The number of benzene rings is 2. The minimum absolute atomic E-state index is 0.0277. The summed E-state index contributed by atoms with van der Waals surface area (Å²) >= 11 is 0. The van der Waals surface area contributed by atoms with Gasteiger partial charge >= 0.3 is 12.1 Å². The van der Waals surface area contributed by atoms with E-state index in [-0.39, 0.29) is 24.5 Å². The van der Waals surface area contributed by atoms with Crippen molar-refractivity contribution < 1.29 is 24.2 Å². The molecule has 1 saturated carbocycles. The number of nitrogens with zero attached hydrogens (tertiary/aromatic N) is 1. The summed E-state index contributed by atoms with van der Waals surface area (Å²) in [5, 5.41) is 12.6. The lowest BCUT2D eigenvalue weighted by molar-refractivity contribution is -0.157. The molecule has 2 fully saturated rings. The summed E-state index contributed by atoms with van der Waals surface area (Å²) in [5.41, 5.74) is 3.45. The van der Waals surface area contributed by atoms with E-state index in [0.29, 0.717) is 32.2 Å². The van der Waals surface area contributed by atoms with E-state index in [4.69, 9.17) is 4.74 Å². The monoisotopic (exact) mass is 462 g/mol. The number of amides is 2. The fourth-order valence-corrected chi connectivity index (χ4v) is 5.96. The molecule has 3 atom stereocenters. The molecule has 0 aromatic heterocycles. The molecule has 0 bridgehead atoms. The van der Waals surface area contributed by atoms with E-state index >= 15 is 0 Å². The average Bonchev–Trinajstić information content (AvgIpc) is 3.54. The fourth-order valence-electron chi connectivity index (χ4n) is 5.96. The molecule has 2 aliphatic carbocycles. The van der Waals surface area contributed by atoms with E-state index in [1.165, 1.54) is 16.0 Å². The number of alkyl carbamates (subject to hydrolysis) is 1. The van der Waals surface area contributed by atoms with E-state index < -0.39 is 23.5 Å². The Kier molecular flexibility index (Phi) is 5.80. The molecule has 7 heteroatoms. The summed E-state index contributed by atoms with van der Waals surface area (Å²) in [5.74, 6) is -1.60. The Bertz CT molecular complexity index is 1090. The molecule has 2 aromatic rings. The maximum absolute atomic E-state index is 13.3. The highest BCUT2D eigenvalue weighted by Crippen LogP contribution is 2.44. The Labute approximate surface area is 199 Å². The van der Waals surface area contributed by atoms with Gasteiger partial charge in [-0.2, -0.15) is 0 Å². The van der Waals surface area contributed by atoms with Crippen LogP contribution in [0.15, 0.2) is 48.5 Å². The van der Waals surface area contributed by atoms with Gasteiger partial charge in [0.05, 0.1) is 5.92 Å². The third-order valence-electron chi connectivity index (χ3n) is 7.85. The van der Waals surface area contributed by atoms with Gasteiger partial charge in [-0.05, 0) is 54.9 Å². The molecule has 2 N–H and O–H groups in total. The molecular weight excluding hydrogens is 432 g/mol. The number of hydrogen-bond donors (Lipinski definition) is 2. The first-order valence-electron chi connectivity index (χ1n) is 12.1. The number of fused-ring (bicyclic) bond motifs is 3. The molecule has 3 aliphatic rings. The van der Waals surface area contributed by atoms with Crippen molar-refractivity contribution in [2.75, 3.05) is 13.2 Å². The van der Waals surface area contributed by atoms with Crippen molar-refractivity contribution in [2.24, 2.45) is 5.92 Å². The number of carboxylic acids is 1. The highest BCUT2D eigenvalue weighted by atomic mass is 16.5. The molecule has 1 aliphatic heterocycles. The SMILES string of the molecule is CC1(C(=O)O)CCCN1C(=O)[C@H]1CCC[C@H]1NC(=O)OCC1c2ccccc2-c2ccccc21. The van der Waals surface area contributed by atoms with Gasteiger partial charge < -0.3 is 20.1 Å². The van der Waals surface area contributed by atoms with Crippen LogP contribution in [0.25, 0.3) is 11.1 Å². The highest BCUT2D eigenvalue weighted by molar-refractivity contribution is 5.89.